The summed E-state index contributed by atoms with van der Waals surface area (Å²) in [6, 6.07) is 1.89. The van der Waals surface area contributed by atoms with Crippen LogP contribution in [0.3, 0.4) is 0 Å². The number of fused-ring (bicyclic) bond motifs is 6. The first-order valence-electron chi connectivity index (χ1n) is 11.2. The average molecular weight is 447 g/mol. The van der Waals surface area contributed by atoms with Crippen molar-refractivity contribution in [1.82, 2.24) is 30.2 Å². The molecule has 6 rings (SSSR count). The minimum atomic E-state index is -0.0385. The summed E-state index contributed by atoms with van der Waals surface area (Å²) >= 11 is 0. The van der Waals surface area contributed by atoms with Gasteiger partial charge in [0.1, 0.15) is 12.4 Å². The fraction of sp³-hybridized carbons (Fsp3) is 0.417. The van der Waals surface area contributed by atoms with Crippen LogP contribution >= 0.6 is 0 Å². The summed E-state index contributed by atoms with van der Waals surface area (Å²) in [6.45, 7) is 3.49. The second-order valence-electron chi connectivity index (χ2n) is 9.18. The van der Waals surface area contributed by atoms with Gasteiger partial charge < -0.3 is 24.7 Å². The molecule has 0 bridgehead atoms. The third kappa shape index (κ3) is 3.22. The summed E-state index contributed by atoms with van der Waals surface area (Å²) < 4.78 is 10.7. The molecule has 0 radical (unpaired) electrons. The molecule has 1 saturated heterocycles. The molecule has 1 fully saturated rings. The molecule has 33 heavy (non-hydrogen) atoms. The molecule has 0 atom stereocenters. The molecule has 2 N–H and O–H groups in total. The minimum absolute atomic E-state index is 0.0190. The third-order valence-corrected chi connectivity index (χ3v) is 6.87. The van der Waals surface area contributed by atoms with Crippen molar-refractivity contribution in [3.63, 3.8) is 0 Å². The summed E-state index contributed by atoms with van der Waals surface area (Å²) in [7, 11) is 3.75. The van der Waals surface area contributed by atoms with E-state index in [1.165, 1.54) is 0 Å². The van der Waals surface area contributed by atoms with Crippen LogP contribution in [0.25, 0.3) is 22.8 Å². The number of nitrogens with zero attached hydrogens (tertiary/aromatic N) is 4. The molecular formula is C24H26N6O3. The number of likely N-dealkylation sites (tertiary alicyclic amines) is 1. The molecule has 2 aliphatic heterocycles. The van der Waals surface area contributed by atoms with E-state index in [-0.39, 0.29) is 11.3 Å². The number of ether oxygens (including phenoxy) is 2. The number of methoxy groups -OCH3 is 1. The van der Waals surface area contributed by atoms with Crippen LogP contribution in [0, 0.1) is 0 Å². The number of amides is 1. The zero-order valence-corrected chi connectivity index (χ0v) is 18.8. The van der Waals surface area contributed by atoms with Crippen molar-refractivity contribution in [2.24, 2.45) is 0 Å². The molecule has 170 valence electrons. The van der Waals surface area contributed by atoms with Gasteiger partial charge in [0, 0.05) is 50.4 Å². The molecule has 9 heteroatoms. The van der Waals surface area contributed by atoms with Crippen molar-refractivity contribution in [3.8, 4) is 28.5 Å². The van der Waals surface area contributed by atoms with E-state index in [1.807, 2.05) is 12.3 Å². The molecule has 0 unspecified atom stereocenters. The molecule has 3 aliphatic rings. The van der Waals surface area contributed by atoms with Gasteiger partial charge in [0.25, 0.3) is 5.91 Å². The molecule has 3 aromatic rings. The Hall–Kier alpha value is -3.30. The van der Waals surface area contributed by atoms with Gasteiger partial charge in [-0.15, -0.1) is 0 Å². The van der Waals surface area contributed by atoms with E-state index in [0.717, 1.165) is 65.3 Å². The molecule has 0 aromatic carbocycles. The maximum Gasteiger partial charge on any atom is 0.253 e. The summed E-state index contributed by atoms with van der Waals surface area (Å²) in [4.78, 5) is 32.6. The topological polar surface area (TPSA) is 105 Å². The smallest absolute Gasteiger partial charge is 0.253 e. The zero-order valence-electron chi connectivity index (χ0n) is 18.8. The predicted molar refractivity (Wildman–Crippen MR) is 121 cm³/mol. The highest BCUT2D eigenvalue weighted by molar-refractivity contribution is 6.01. The van der Waals surface area contributed by atoms with E-state index >= 15 is 0 Å². The fourth-order valence-electron chi connectivity index (χ4n) is 5.39. The lowest BCUT2D eigenvalue weighted by molar-refractivity contribution is 0.0688. The Morgan fingerprint density at radius 3 is 2.88 bits per heavy atom. The van der Waals surface area contributed by atoms with Gasteiger partial charge >= 0.3 is 0 Å². The van der Waals surface area contributed by atoms with Crippen LogP contribution in [0.2, 0.25) is 0 Å². The first-order chi connectivity index (χ1) is 16.1. The standard InChI is InChI=1S/C24H26N6O3/c1-30-12-24(13-30)11-27-23(31)18-17-4-3-14-9-26-22(29-19(14)20(17)28-21(18)24)15-7-16(10-25-8-15)33-6-5-32-2/h7-10,28H,3-6,11-13H2,1-2H3,(H,27,31). The van der Waals surface area contributed by atoms with E-state index in [0.29, 0.717) is 31.3 Å². The molecule has 1 aliphatic carbocycles. The largest absolute Gasteiger partial charge is 0.490 e. The Balaban J connectivity index is 1.40. The fourth-order valence-corrected chi connectivity index (χ4v) is 5.39. The van der Waals surface area contributed by atoms with Crippen LogP contribution in [-0.2, 0) is 23.0 Å². The number of rotatable bonds is 5. The highest BCUT2D eigenvalue weighted by Gasteiger charge is 2.50. The quantitative estimate of drug-likeness (QED) is 0.574. The first kappa shape index (κ1) is 20.3. The molecule has 1 amide bonds. The second kappa shape index (κ2) is 7.64. The van der Waals surface area contributed by atoms with Crippen LogP contribution < -0.4 is 10.1 Å². The molecular weight excluding hydrogens is 420 g/mol. The lowest BCUT2D eigenvalue weighted by Crippen LogP contribution is -2.65. The Labute approximate surface area is 191 Å². The van der Waals surface area contributed by atoms with Gasteiger partial charge in [-0.25, -0.2) is 9.97 Å². The monoisotopic (exact) mass is 446 g/mol. The van der Waals surface area contributed by atoms with Crippen LogP contribution in [-0.4, -0.2) is 77.7 Å². The minimum Gasteiger partial charge on any atom is -0.490 e. The van der Waals surface area contributed by atoms with E-state index < -0.39 is 0 Å². The number of aryl methyl sites for hydroxylation is 1. The van der Waals surface area contributed by atoms with E-state index in [2.05, 4.69) is 32.2 Å². The van der Waals surface area contributed by atoms with E-state index in [9.17, 15) is 4.79 Å². The second-order valence-corrected chi connectivity index (χ2v) is 9.18. The maximum absolute atomic E-state index is 12.9. The SMILES string of the molecule is COCCOc1cncc(-c2ncc3c(n2)-c2[nH]c4c(c2CC3)C(=O)NCC42CN(C)C2)c1. The Morgan fingerprint density at radius 1 is 1.18 bits per heavy atom. The van der Waals surface area contributed by atoms with Crippen LogP contribution in [0.5, 0.6) is 5.75 Å². The van der Waals surface area contributed by atoms with Gasteiger partial charge in [0.2, 0.25) is 0 Å². The normalized spacial score (nSPS) is 18.2. The van der Waals surface area contributed by atoms with Crippen molar-refractivity contribution in [2.75, 3.05) is 47.0 Å². The van der Waals surface area contributed by atoms with Gasteiger partial charge in [-0.2, -0.15) is 0 Å². The molecule has 9 nitrogen and oxygen atoms in total. The van der Waals surface area contributed by atoms with Crippen LogP contribution in [0.15, 0.2) is 24.7 Å². The van der Waals surface area contributed by atoms with Gasteiger partial charge in [-0.3, -0.25) is 9.78 Å². The number of hydrogen-bond acceptors (Lipinski definition) is 7. The first-order valence-corrected chi connectivity index (χ1v) is 11.2. The highest BCUT2D eigenvalue weighted by Crippen LogP contribution is 2.44. The van der Waals surface area contributed by atoms with Crippen LogP contribution in [0.4, 0.5) is 0 Å². The number of pyridine rings is 1. The summed E-state index contributed by atoms with van der Waals surface area (Å²) in [5, 5.41) is 3.13. The molecule has 1 spiro atoms. The number of aromatic nitrogens is 4. The third-order valence-electron chi connectivity index (χ3n) is 6.87. The maximum atomic E-state index is 12.9. The van der Waals surface area contributed by atoms with Crippen LogP contribution in [0.1, 0.15) is 27.2 Å². The van der Waals surface area contributed by atoms with Crippen molar-refractivity contribution in [2.45, 2.75) is 18.3 Å². The van der Waals surface area contributed by atoms with Crippen molar-refractivity contribution in [3.05, 3.63) is 47.0 Å². The Morgan fingerprint density at radius 2 is 2.06 bits per heavy atom. The number of aromatic amines is 1. The lowest BCUT2D eigenvalue weighted by Gasteiger charge is -2.50. The molecule has 5 heterocycles. The van der Waals surface area contributed by atoms with Crippen molar-refractivity contribution < 1.29 is 14.3 Å². The highest BCUT2D eigenvalue weighted by atomic mass is 16.5. The number of likely N-dealkylation sites (N-methyl/N-ethyl adjacent to an activating group) is 1. The number of H-pyrrole nitrogens is 1. The molecule has 0 saturated carbocycles. The predicted octanol–water partition coefficient (Wildman–Crippen LogP) is 1.58. The Kier molecular flexibility index (Phi) is 4.70. The lowest BCUT2D eigenvalue weighted by atomic mass is 9.73. The van der Waals surface area contributed by atoms with Crippen molar-refractivity contribution >= 4 is 5.91 Å². The number of nitrogens with one attached hydrogen (secondary N) is 2. The average Bonchev–Trinajstić information content (AvgIpc) is 3.22. The molecule has 3 aromatic heterocycles. The van der Waals surface area contributed by atoms with Gasteiger partial charge in [0.05, 0.1) is 35.2 Å². The van der Waals surface area contributed by atoms with E-state index in [1.54, 1.807) is 19.5 Å². The number of hydrogen-bond donors (Lipinski definition) is 2. The Bertz CT molecular complexity index is 1250. The summed E-state index contributed by atoms with van der Waals surface area (Å²) in [5.41, 5.74) is 6.62. The van der Waals surface area contributed by atoms with Gasteiger partial charge in [-0.05, 0) is 37.1 Å². The number of carbonyl (C=O) groups excluding carboxylic acids is 1. The van der Waals surface area contributed by atoms with Gasteiger partial charge in [-0.1, -0.05) is 0 Å². The summed E-state index contributed by atoms with van der Waals surface area (Å²) in [5.74, 6) is 1.25. The van der Waals surface area contributed by atoms with Gasteiger partial charge in [0.15, 0.2) is 5.82 Å². The van der Waals surface area contributed by atoms with E-state index in [4.69, 9.17) is 14.5 Å². The summed E-state index contributed by atoms with van der Waals surface area (Å²) in [6.07, 6.45) is 6.92. The zero-order chi connectivity index (χ0) is 22.6. The number of carbonyl (C=O) groups is 1. The van der Waals surface area contributed by atoms with Crippen molar-refractivity contribution in [1.29, 1.82) is 0 Å².